The van der Waals surface area contributed by atoms with Gasteiger partial charge in [-0.05, 0) is 12.1 Å². The van der Waals surface area contributed by atoms with Crippen LogP contribution in [0.3, 0.4) is 0 Å². The fourth-order valence-corrected chi connectivity index (χ4v) is 2.72. The van der Waals surface area contributed by atoms with Crippen LogP contribution in [-0.4, -0.2) is 35.9 Å². The summed E-state index contributed by atoms with van der Waals surface area (Å²) in [5.74, 6) is -1.69. The molecule has 1 aliphatic rings. The standard InChI is InChI=1S/C18H15N3O6/c22-16-10-20(15-8-4-2-6-13(15)19-16)17(23)11-27-18(24)9-12-5-1-3-7-14(12)21(25)26/h1-8H,9-11H2,(H,19,22). The lowest BCUT2D eigenvalue weighted by Crippen LogP contribution is -2.44. The Morgan fingerprint density at radius 3 is 2.63 bits per heavy atom. The number of carbonyl (C=O) groups is 3. The second-order valence-corrected chi connectivity index (χ2v) is 5.77. The number of anilines is 2. The van der Waals surface area contributed by atoms with Crippen LogP contribution in [0.25, 0.3) is 0 Å². The zero-order valence-corrected chi connectivity index (χ0v) is 14.1. The Balaban J connectivity index is 1.64. The number of nitro groups is 1. The maximum absolute atomic E-state index is 12.4. The molecule has 138 valence electrons. The van der Waals surface area contributed by atoms with Crippen LogP contribution in [0.15, 0.2) is 48.5 Å². The van der Waals surface area contributed by atoms with Crippen molar-refractivity contribution in [2.75, 3.05) is 23.4 Å². The predicted molar refractivity (Wildman–Crippen MR) is 95.2 cm³/mol. The number of para-hydroxylation sites is 3. The highest BCUT2D eigenvalue weighted by Crippen LogP contribution is 2.28. The minimum Gasteiger partial charge on any atom is -0.455 e. The molecule has 9 nitrogen and oxygen atoms in total. The van der Waals surface area contributed by atoms with E-state index in [2.05, 4.69) is 5.32 Å². The highest BCUT2D eigenvalue weighted by atomic mass is 16.6. The summed E-state index contributed by atoms with van der Waals surface area (Å²) in [5.41, 5.74) is 1.01. The third-order valence-corrected chi connectivity index (χ3v) is 3.95. The molecule has 0 bridgehead atoms. The van der Waals surface area contributed by atoms with Crippen molar-refractivity contribution in [3.63, 3.8) is 0 Å². The summed E-state index contributed by atoms with van der Waals surface area (Å²) in [5, 5.41) is 13.6. The molecule has 0 radical (unpaired) electrons. The number of nitrogens with zero attached hydrogens (tertiary/aromatic N) is 2. The Morgan fingerprint density at radius 2 is 1.85 bits per heavy atom. The van der Waals surface area contributed by atoms with Gasteiger partial charge in [-0.3, -0.25) is 29.4 Å². The Labute approximate surface area is 153 Å². The molecular weight excluding hydrogens is 354 g/mol. The summed E-state index contributed by atoms with van der Waals surface area (Å²) in [6.07, 6.45) is -0.332. The van der Waals surface area contributed by atoms with Gasteiger partial charge in [-0.25, -0.2) is 0 Å². The maximum Gasteiger partial charge on any atom is 0.311 e. The summed E-state index contributed by atoms with van der Waals surface area (Å²) in [4.78, 5) is 47.8. The van der Waals surface area contributed by atoms with E-state index in [1.165, 1.54) is 23.1 Å². The van der Waals surface area contributed by atoms with Crippen LogP contribution in [-0.2, 0) is 25.5 Å². The number of fused-ring (bicyclic) bond motifs is 1. The molecule has 0 fully saturated rings. The number of carbonyl (C=O) groups excluding carboxylic acids is 3. The van der Waals surface area contributed by atoms with Gasteiger partial charge in [-0.1, -0.05) is 30.3 Å². The van der Waals surface area contributed by atoms with E-state index in [0.717, 1.165) is 0 Å². The first kappa shape index (κ1) is 18.1. The molecule has 0 atom stereocenters. The molecular formula is C18H15N3O6. The van der Waals surface area contributed by atoms with Crippen molar-refractivity contribution in [1.82, 2.24) is 0 Å². The van der Waals surface area contributed by atoms with Crippen LogP contribution < -0.4 is 10.2 Å². The number of amides is 2. The second-order valence-electron chi connectivity index (χ2n) is 5.77. The van der Waals surface area contributed by atoms with E-state index in [4.69, 9.17) is 4.74 Å². The zero-order chi connectivity index (χ0) is 19.4. The smallest absolute Gasteiger partial charge is 0.311 e. The lowest BCUT2D eigenvalue weighted by molar-refractivity contribution is -0.385. The Hall–Kier alpha value is -3.75. The molecule has 1 N–H and O–H groups in total. The minimum atomic E-state index is -0.771. The summed E-state index contributed by atoms with van der Waals surface area (Å²) in [6, 6.07) is 12.6. The predicted octanol–water partition coefficient (Wildman–Crippen LogP) is 1.67. The average Bonchev–Trinajstić information content (AvgIpc) is 2.65. The van der Waals surface area contributed by atoms with E-state index in [9.17, 15) is 24.5 Å². The lowest BCUT2D eigenvalue weighted by Gasteiger charge is -2.28. The molecule has 0 unspecified atom stereocenters. The van der Waals surface area contributed by atoms with E-state index in [-0.39, 0.29) is 30.1 Å². The first-order valence-electron chi connectivity index (χ1n) is 8.03. The van der Waals surface area contributed by atoms with Crippen LogP contribution in [0.4, 0.5) is 17.1 Å². The Kier molecular flexibility index (Phi) is 5.11. The lowest BCUT2D eigenvalue weighted by atomic mass is 10.1. The molecule has 0 spiro atoms. The van der Waals surface area contributed by atoms with Gasteiger partial charge >= 0.3 is 5.97 Å². The second kappa shape index (κ2) is 7.65. The van der Waals surface area contributed by atoms with E-state index in [1.807, 2.05) is 0 Å². The van der Waals surface area contributed by atoms with E-state index in [1.54, 1.807) is 30.3 Å². The van der Waals surface area contributed by atoms with Crippen molar-refractivity contribution < 1.29 is 24.0 Å². The van der Waals surface area contributed by atoms with Gasteiger partial charge in [0.2, 0.25) is 5.91 Å². The van der Waals surface area contributed by atoms with Gasteiger partial charge in [0.05, 0.1) is 22.7 Å². The molecule has 0 saturated heterocycles. The van der Waals surface area contributed by atoms with Crippen LogP contribution in [0, 0.1) is 10.1 Å². The first-order chi connectivity index (χ1) is 13.0. The number of hydrogen-bond acceptors (Lipinski definition) is 6. The van der Waals surface area contributed by atoms with Crippen LogP contribution >= 0.6 is 0 Å². The molecule has 9 heteroatoms. The Bertz CT molecular complexity index is 927. The quantitative estimate of drug-likeness (QED) is 0.486. The van der Waals surface area contributed by atoms with Crippen molar-refractivity contribution in [1.29, 1.82) is 0 Å². The largest absolute Gasteiger partial charge is 0.455 e. The summed E-state index contributed by atoms with van der Waals surface area (Å²) >= 11 is 0. The first-order valence-corrected chi connectivity index (χ1v) is 8.03. The molecule has 0 saturated carbocycles. The number of rotatable bonds is 5. The van der Waals surface area contributed by atoms with Crippen molar-refractivity contribution >= 4 is 34.8 Å². The third kappa shape index (κ3) is 4.09. The van der Waals surface area contributed by atoms with Crippen molar-refractivity contribution in [2.24, 2.45) is 0 Å². The average molecular weight is 369 g/mol. The molecule has 1 aliphatic heterocycles. The van der Waals surface area contributed by atoms with E-state index < -0.39 is 23.4 Å². The number of esters is 1. The van der Waals surface area contributed by atoms with Gasteiger partial charge in [-0.2, -0.15) is 0 Å². The highest BCUT2D eigenvalue weighted by molar-refractivity contribution is 6.10. The normalized spacial score (nSPS) is 12.7. The van der Waals surface area contributed by atoms with Gasteiger partial charge in [0.25, 0.3) is 11.6 Å². The number of nitrogens with one attached hydrogen (secondary N) is 1. The number of benzene rings is 2. The fourth-order valence-electron chi connectivity index (χ4n) is 2.72. The molecule has 2 aromatic carbocycles. The molecule has 0 aliphatic carbocycles. The van der Waals surface area contributed by atoms with Gasteiger partial charge in [0.15, 0.2) is 6.61 Å². The molecule has 0 aromatic heterocycles. The van der Waals surface area contributed by atoms with Crippen molar-refractivity contribution in [3.05, 3.63) is 64.2 Å². The van der Waals surface area contributed by atoms with Crippen LogP contribution in [0.5, 0.6) is 0 Å². The minimum absolute atomic E-state index is 0.183. The summed E-state index contributed by atoms with van der Waals surface area (Å²) in [7, 11) is 0. The highest BCUT2D eigenvalue weighted by Gasteiger charge is 2.27. The monoisotopic (exact) mass is 369 g/mol. The van der Waals surface area contributed by atoms with Crippen LogP contribution in [0.2, 0.25) is 0 Å². The summed E-state index contributed by atoms with van der Waals surface area (Å²) < 4.78 is 4.96. The van der Waals surface area contributed by atoms with Crippen molar-refractivity contribution in [2.45, 2.75) is 6.42 Å². The van der Waals surface area contributed by atoms with Crippen molar-refractivity contribution in [3.8, 4) is 0 Å². The molecule has 3 rings (SSSR count). The Morgan fingerprint density at radius 1 is 1.15 bits per heavy atom. The molecule has 1 heterocycles. The maximum atomic E-state index is 12.4. The van der Waals surface area contributed by atoms with Gasteiger partial charge in [0, 0.05) is 11.6 Å². The number of hydrogen-bond donors (Lipinski definition) is 1. The number of nitro benzene ring substituents is 1. The zero-order valence-electron chi connectivity index (χ0n) is 14.1. The number of ether oxygens (including phenoxy) is 1. The van der Waals surface area contributed by atoms with Crippen LogP contribution in [0.1, 0.15) is 5.56 Å². The van der Waals surface area contributed by atoms with Gasteiger partial charge in [0.1, 0.15) is 6.54 Å². The van der Waals surface area contributed by atoms with E-state index >= 15 is 0 Å². The van der Waals surface area contributed by atoms with Gasteiger partial charge < -0.3 is 10.1 Å². The summed E-state index contributed by atoms with van der Waals surface area (Å²) in [6.45, 7) is -0.751. The third-order valence-electron chi connectivity index (χ3n) is 3.95. The SMILES string of the molecule is O=C1CN(C(=O)COC(=O)Cc2ccccc2[N+](=O)[O-])c2ccccc2N1. The molecule has 2 amide bonds. The van der Waals surface area contributed by atoms with E-state index in [0.29, 0.717) is 11.4 Å². The fraction of sp³-hybridized carbons (Fsp3) is 0.167. The molecule has 2 aromatic rings. The van der Waals surface area contributed by atoms with Gasteiger partial charge in [-0.15, -0.1) is 0 Å². The molecule has 27 heavy (non-hydrogen) atoms. The topological polar surface area (TPSA) is 119 Å².